The molecule has 0 fully saturated rings. The van der Waals surface area contributed by atoms with E-state index < -0.39 is 11.8 Å². The highest BCUT2D eigenvalue weighted by atomic mass is 16.5. The largest absolute Gasteiger partial charge is 0.497 e. The highest BCUT2D eigenvalue weighted by Gasteiger charge is 2.34. The summed E-state index contributed by atoms with van der Waals surface area (Å²) in [6.07, 6.45) is 3.49. The van der Waals surface area contributed by atoms with E-state index in [9.17, 15) is 9.59 Å². The summed E-state index contributed by atoms with van der Waals surface area (Å²) in [5.74, 6) is 0.487. The number of nitrogens with one attached hydrogen (secondary N) is 3. The Balaban J connectivity index is 1.80. The van der Waals surface area contributed by atoms with Crippen LogP contribution in [-0.2, 0) is 9.59 Å². The average molecular weight is 387 g/mol. The molecule has 2 aromatic heterocycles. The van der Waals surface area contributed by atoms with E-state index >= 15 is 0 Å². The van der Waals surface area contributed by atoms with Gasteiger partial charge in [0.25, 0.3) is 11.8 Å². The Hall–Kier alpha value is -4.00. The highest BCUT2D eigenvalue weighted by Crippen LogP contribution is 2.38. The Kier molecular flexibility index (Phi) is 3.70. The third-order valence-corrected chi connectivity index (χ3v) is 5.25. The second kappa shape index (κ2) is 6.27. The molecule has 3 heterocycles. The highest BCUT2D eigenvalue weighted by molar-refractivity contribution is 6.50. The number of carbonyl (C=O) groups excluding carboxylic acids is 2. The molecule has 0 unspecified atom stereocenters. The van der Waals surface area contributed by atoms with E-state index in [0.717, 1.165) is 21.8 Å². The number of rotatable bonds is 4. The zero-order valence-corrected chi connectivity index (χ0v) is 15.8. The van der Waals surface area contributed by atoms with Crippen molar-refractivity contribution in [1.29, 1.82) is 0 Å². The van der Waals surface area contributed by atoms with Crippen molar-refractivity contribution in [2.75, 3.05) is 14.2 Å². The van der Waals surface area contributed by atoms with Gasteiger partial charge in [-0.3, -0.25) is 14.9 Å². The van der Waals surface area contributed by atoms with Crippen LogP contribution in [0, 0.1) is 0 Å². The number of ether oxygens (including phenoxy) is 2. The van der Waals surface area contributed by atoms with E-state index in [1.165, 1.54) is 0 Å². The molecule has 7 nitrogen and oxygen atoms in total. The molecule has 144 valence electrons. The van der Waals surface area contributed by atoms with Crippen LogP contribution in [0.4, 0.5) is 0 Å². The Morgan fingerprint density at radius 2 is 1.14 bits per heavy atom. The lowest BCUT2D eigenvalue weighted by Crippen LogP contribution is -2.22. The summed E-state index contributed by atoms with van der Waals surface area (Å²) in [5, 5.41) is 4.05. The smallest absolute Gasteiger partial charge is 0.259 e. The zero-order chi connectivity index (χ0) is 20.1. The van der Waals surface area contributed by atoms with Crippen molar-refractivity contribution >= 4 is 44.8 Å². The first-order chi connectivity index (χ1) is 14.1. The molecule has 0 spiro atoms. The van der Waals surface area contributed by atoms with Crippen LogP contribution in [0.3, 0.4) is 0 Å². The van der Waals surface area contributed by atoms with Crippen LogP contribution in [0.2, 0.25) is 0 Å². The van der Waals surface area contributed by atoms with Crippen molar-refractivity contribution in [3.8, 4) is 11.5 Å². The van der Waals surface area contributed by atoms with Crippen LogP contribution in [0.1, 0.15) is 11.1 Å². The van der Waals surface area contributed by atoms with Crippen molar-refractivity contribution in [3.63, 3.8) is 0 Å². The first-order valence-electron chi connectivity index (χ1n) is 9.01. The van der Waals surface area contributed by atoms with Crippen LogP contribution < -0.4 is 14.8 Å². The zero-order valence-electron chi connectivity index (χ0n) is 15.8. The molecule has 0 radical (unpaired) electrons. The predicted molar refractivity (Wildman–Crippen MR) is 110 cm³/mol. The van der Waals surface area contributed by atoms with Crippen molar-refractivity contribution in [2.24, 2.45) is 0 Å². The maximum atomic E-state index is 12.8. The first-order valence-corrected chi connectivity index (χ1v) is 9.01. The Morgan fingerprint density at radius 1 is 0.690 bits per heavy atom. The molecule has 0 saturated heterocycles. The quantitative estimate of drug-likeness (QED) is 0.469. The molecule has 2 aromatic carbocycles. The molecule has 0 saturated carbocycles. The fraction of sp³-hybridized carbons (Fsp3) is 0.0909. The fourth-order valence-electron chi connectivity index (χ4n) is 3.84. The van der Waals surface area contributed by atoms with Gasteiger partial charge >= 0.3 is 0 Å². The minimum absolute atomic E-state index is 0.332. The summed E-state index contributed by atoms with van der Waals surface area (Å²) in [7, 11) is 3.17. The second-order valence-electron chi connectivity index (χ2n) is 6.76. The van der Waals surface area contributed by atoms with Crippen LogP contribution in [0.5, 0.6) is 11.5 Å². The number of hydrogen-bond acceptors (Lipinski definition) is 4. The van der Waals surface area contributed by atoms with Gasteiger partial charge in [-0.2, -0.15) is 0 Å². The lowest BCUT2D eigenvalue weighted by molar-refractivity contribution is -0.122. The fourth-order valence-corrected chi connectivity index (χ4v) is 3.84. The average Bonchev–Trinajstić information content (AvgIpc) is 3.41. The van der Waals surface area contributed by atoms with Crippen molar-refractivity contribution in [3.05, 3.63) is 59.9 Å². The number of fused-ring (bicyclic) bond motifs is 2. The predicted octanol–water partition coefficient (Wildman–Crippen LogP) is 3.23. The first kappa shape index (κ1) is 17.1. The maximum absolute atomic E-state index is 12.8. The molecule has 4 aromatic rings. The van der Waals surface area contributed by atoms with Gasteiger partial charge < -0.3 is 19.4 Å². The summed E-state index contributed by atoms with van der Waals surface area (Å²) >= 11 is 0. The third-order valence-electron chi connectivity index (χ3n) is 5.25. The van der Waals surface area contributed by atoms with Crippen molar-refractivity contribution < 1.29 is 19.1 Å². The summed E-state index contributed by atoms with van der Waals surface area (Å²) in [4.78, 5) is 31.9. The van der Waals surface area contributed by atoms with E-state index in [4.69, 9.17) is 9.47 Å². The van der Waals surface area contributed by atoms with Crippen LogP contribution >= 0.6 is 0 Å². The molecule has 7 heteroatoms. The second-order valence-corrected chi connectivity index (χ2v) is 6.76. The minimum Gasteiger partial charge on any atom is -0.497 e. The lowest BCUT2D eigenvalue weighted by Gasteiger charge is -2.05. The van der Waals surface area contributed by atoms with Gasteiger partial charge in [0.05, 0.1) is 25.4 Å². The van der Waals surface area contributed by atoms with Gasteiger partial charge in [0.2, 0.25) is 0 Å². The Morgan fingerprint density at radius 3 is 1.55 bits per heavy atom. The summed E-state index contributed by atoms with van der Waals surface area (Å²) < 4.78 is 10.6. The molecule has 3 N–H and O–H groups in total. The van der Waals surface area contributed by atoms with E-state index in [2.05, 4.69) is 15.3 Å². The van der Waals surface area contributed by atoms with Crippen molar-refractivity contribution in [2.45, 2.75) is 0 Å². The van der Waals surface area contributed by atoms with E-state index in [1.807, 2.05) is 36.4 Å². The standard InChI is InChI=1S/C22H17N3O4/c1-28-11-3-5-17-13(7-11)15(9-23-17)19-20(22(27)25-21(19)26)16-10-24-18-6-4-12(29-2)8-14(16)18/h3-10,23-24H,1-2H3,(H,25,26,27). The summed E-state index contributed by atoms with van der Waals surface area (Å²) in [6.45, 7) is 0. The number of aromatic nitrogens is 2. The maximum Gasteiger partial charge on any atom is 0.259 e. The van der Waals surface area contributed by atoms with Gasteiger partial charge in [0, 0.05) is 45.3 Å². The molecular formula is C22H17N3O4. The normalized spacial score (nSPS) is 14.1. The molecular weight excluding hydrogens is 370 g/mol. The van der Waals surface area contributed by atoms with Gasteiger partial charge in [0.15, 0.2) is 0 Å². The van der Waals surface area contributed by atoms with Crippen molar-refractivity contribution in [1.82, 2.24) is 15.3 Å². The Labute approximate surface area is 165 Å². The molecule has 1 aliphatic rings. The number of aromatic amines is 2. The molecule has 0 atom stereocenters. The van der Waals surface area contributed by atoms with E-state index in [1.54, 1.807) is 26.6 Å². The molecule has 29 heavy (non-hydrogen) atoms. The summed E-state index contributed by atoms with van der Waals surface area (Å²) in [5.41, 5.74) is 3.65. The number of methoxy groups -OCH3 is 2. The molecule has 0 bridgehead atoms. The van der Waals surface area contributed by atoms with Gasteiger partial charge in [-0.25, -0.2) is 0 Å². The van der Waals surface area contributed by atoms with Crippen LogP contribution in [0.25, 0.3) is 33.0 Å². The van der Waals surface area contributed by atoms with Gasteiger partial charge in [-0.15, -0.1) is 0 Å². The van der Waals surface area contributed by atoms with E-state index in [-0.39, 0.29) is 0 Å². The molecule has 1 aliphatic heterocycles. The topological polar surface area (TPSA) is 96.2 Å². The number of imide groups is 1. The van der Waals surface area contributed by atoms with Crippen LogP contribution in [0.15, 0.2) is 48.8 Å². The number of benzene rings is 2. The number of hydrogen-bond donors (Lipinski definition) is 3. The number of amides is 2. The van der Waals surface area contributed by atoms with E-state index in [0.29, 0.717) is 33.8 Å². The van der Waals surface area contributed by atoms with Gasteiger partial charge in [-0.05, 0) is 36.4 Å². The monoisotopic (exact) mass is 387 g/mol. The molecule has 2 amide bonds. The van der Waals surface area contributed by atoms with Gasteiger partial charge in [0.1, 0.15) is 11.5 Å². The minimum atomic E-state index is -0.425. The van der Waals surface area contributed by atoms with Crippen LogP contribution in [-0.4, -0.2) is 36.0 Å². The van der Waals surface area contributed by atoms with Gasteiger partial charge in [-0.1, -0.05) is 0 Å². The lowest BCUT2D eigenvalue weighted by atomic mass is 9.95. The SMILES string of the molecule is COc1ccc2[nH]cc(C3=C(c4c[nH]c5ccc(OC)cc45)C(=O)NC3=O)c2c1. The number of H-pyrrole nitrogens is 2. The third kappa shape index (κ3) is 2.51. The Bertz CT molecular complexity index is 1240. The molecule has 5 rings (SSSR count). The number of carbonyl (C=O) groups is 2. The summed E-state index contributed by atoms with van der Waals surface area (Å²) in [6, 6.07) is 11.1. The molecule has 0 aliphatic carbocycles.